The Hall–Kier alpha value is -10.2. The topological polar surface area (TPSA) is 446 Å². The summed E-state index contributed by atoms with van der Waals surface area (Å²) in [5.41, 5.74) is 3.63. The zero-order valence-electron chi connectivity index (χ0n) is 64.9. The monoisotopic (exact) mass is 1660 g/mol. The van der Waals surface area contributed by atoms with Gasteiger partial charge in [-0.25, -0.2) is 9.37 Å². The highest BCUT2D eigenvalue weighted by molar-refractivity contribution is 7.86. The summed E-state index contributed by atoms with van der Waals surface area (Å²) in [5, 5.41) is 32.9. The number of benzene rings is 5. The first-order chi connectivity index (χ1) is 54.3. The first-order valence-corrected chi connectivity index (χ1v) is 42.9. The number of carboxylic acids is 2. The zero-order valence-corrected chi connectivity index (χ0v) is 68.1. The van der Waals surface area contributed by atoms with E-state index in [2.05, 4.69) is 26.6 Å². The van der Waals surface area contributed by atoms with Gasteiger partial charge in [0.05, 0.1) is 41.5 Å². The molecule has 1 unspecified atom stereocenters. The number of nitrogens with zero attached hydrogens (tertiary/aromatic N) is 2. The number of allylic oxidation sites excluding steroid dienone is 3. The smallest absolute Gasteiger partial charge is 0.326 e. The van der Waals surface area contributed by atoms with Gasteiger partial charge in [-0.2, -0.15) is 25.3 Å². The fraction of sp³-hybridized carbons (Fsp3) is 0.427. The van der Waals surface area contributed by atoms with Gasteiger partial charge in [0.1, 0.15) is 36.4 Å². The highest BCUT2D eigenvalue weighted by Gasteiger charge is 2.44. The molecule has 620 valence electrons. The first kappa shape index (κ1) is 92.0. The van der Waals surface area contributed by atoms with Crippen LogP contribution in [-0.2, 0) is 108 Å². The third kappa shape index (κ3) is 29.9. The Morgan fingerprint density at radius 2 is 1.27 bits per heavy atom. The third-order valence-corrected chi connectivity index (χ3v) is 22.4. The molecule has 3 amide bonds. The second-order valence-electron chi connectivity index (χ2n) is 29.6. The molecule has 10 N–H and O–H groups in total. The lowest BCUT2D eigenvalue weighted by Crippen LogP contribution is -2.49. The SMILES string of the molecule is CC[N+](CCCS(=O)(=O)O)=c1ccc2c(C(C)(C)C)cc(/C=C/C=C3\N(CCCS(=O)(=O)O)c4ccc(S(=O)(=O)O)cc4C3(C)CCCC(=O)N[C@@H](Cc3ccccc3)C(=O)C[C@@H](Cc3ccccc3)C(=O)NCC(=O)CCCNC(=O)[C@@H](CC(=O)CC[C@H](NC(=S)N[C@@H](CCC(=O)O)OC=O)C(=O)O)Cc3ccccc3)oc-2c1. The molecule has 29 nitrogen and oxygen atoms in total. The van der Waals surface area contributed by atoms with Crippen molar-refractivity contribution in [3.8, 4) is 11.3 Å². The molecule has 7 rings (SSSR count). The van der Waals surface area contributed by atoms with Gasteiger partial charge in [-0.1, -0.05) is 118 Å². The van der Waals surface area contributed by atoms with Crippen molar-refractivity contribution in [3.05, 3.63) is 190 Å². The summed E-state index contributed by atoms with van der Waals surface area (Å²) >= 11 is 5.17. The average molecular weight is 1670 g/mol. The predicted octanol–water partition coefficient (Wildman–Crippen LogP) is 8.13. The van der Waals surface area contributed by atoms with Crippen molar-refractivity contribution in [2.24, 2.45) is 11.8 Å². The Bertz CT molecular complexity index is 4900. The van der Waals surface area contributed by atoms with Gasteiger partial charge in [-0.05, 0) is 153 Å². The number of carbonyl (C=O) groups excluding carboxylic acids is 7. The molecular weight excluding hydrogens is 1560 g/mol. The van der Waals surface area contributed by atoms with Crippen LogP contribution in [0.1, 0.15) is 152 Å². The van der Waals surface area contributed by atoms with E-state index >= 15 is 0 Å². The van der Waals surface area contributed by atoms with E-state index in [-0.39, 0.29) is 121 Å². The largest absolute Gasteiger partial charge is 0.481 e. The standard InChI is InChI=1S/C82H101N7O22S4/c1-6-88(41-19-43-113(101,102)103)60-31-34-65-66(81(2,3)4)51-63(111-72(65)50-60)28-16-29-73-82(5,67-52-64(115(107,108)109)33-36-70(67)89(73)42-20-44-114(104,105)106)39-17-30-74(94)85-69(47-57-25-14-9-15-26-57)71(93)49-59(46-56-23-12-8-13-24-56)78(98)84-53-62(92)27-18-40-83-77(97)58(45-55-21-10-7-11-22-55)48-61(91)32-35-68(79(99)100)86-80(112)87-75(110-54-90)37-38-76(95)96/h7-16,21-26,28-29,31,33-34,36,50-52,54,58-59,68-69,75H,6,17-20,27,30,32,35,37-49,53H2,1-5H3,(H9-,83,84,85,86,87,94,95,96,97,98,99,100,101,102,103,104,105,106,107,108,109,112)/p+1/t58-,59-,68+,69+,75-,82?/m1/s1. The quantitative estimate of drug-likeness (QED) is 0.00430. The van der Waals surface area contributed by atoms with E-state index in [9.17, 15) is 87.2 Å². The maximum atomic E-state index is 14.9. The molecule has 0 saturated carbocycles. The fourth-order valence-electron chi connectivity index (χ4n) is 13.8. The van der Waals surface area contributed by atoms with Gasteiger partial charge in [-0.3, -0.25) is 52.0 Å². The molecule has 6 atom stereocenters. The number of rotatable bonds is 47. The minimum Gasteiger partial charge on any atom is -0.481 e. The maximum absolute atomic E-state index is 14.9. The van der Waals surface area contributed by atoms with Gasteiger partial charge >= 0.3 is 11.9 Å². The summed E-state index contributed by atoms with van der Waals surface area (Å²) in [5.74, 6) is -7.64. The average Bonchev–Trinajstić information content (AvgIpc) is 1.58. The number of hydrogen-bond acceptors (Lipinski definition) is 19. The van der Waals surface area contributed by atoms with Crippen molar-refractivity contribution in [3.63, 3.8) is 0 Å². The van der Waals surface area contributed by atoms with E-state index in [1.54, 1.807) is 114 Å². The van der Waals surface area contributed by atoms with Gasteiger partial charge in [0.25, 0.3) is 36.8 Å². The van der Waals surface area contributed by atoms with Crippen LogP contribution in [0.2, 0.25) is 0 Å². The van der Waals surface area contributed by atoms with Gasteiger partial charge < -0.3 is 50.9 Å². The number of ketones is 3. The molecule has 3 aliphatic rings. The molecule has 2 aliphatic heterocycles. The van der Waals surface area contributed by atoms with E-state index in [1.165, 1.54) is 18.2 Å². The summed E-state index contributed by atoms with van der Waals surface area (Å²) in [4.78, 5) is 120. The van der Waals surface area contributed by atoms with E-state index in [0.29, 0.717) is 52.7 Å². The molecule has 0 spiro atoms. The Labute approximate surface area is 675 Å². The number of carbonyl (C=O) groups is 9. The van der Waals surface area contributed by atoms with Crippen LogP contribution in [0.25, 0.3) is 17.4 Å². The first-order valence-electron chi connectivity index (χ1n) is 37.8. The second kappa shape index (κ2) is 43.0. The summed E-state index contributed by atoms with van der Waals surface area (Å²) in [6, 6.07) is 35.7. The molecule has 0 bridgehead atoms. The molecule has 0 fully saturated rings. The molecule has 4 aromatic rings. The molecule has 0 saturated heterocycles. The summed E-state index contributed by atoms with van der Waals surface area (Å²) in [7, 11) is -13.4. The Morgan fingerprint density at radius 3 is 1.85 bits per heavy atom. The number of fused-ring (bicyclic) bond motifs is 2. The molecule has 115 heavy (non-hydrogen) atoms. The Kier molecular flexibility index (Phi) is 34.4. The van der Waals surface area contributed by atoms with Gasteiger partial charge in [-0.15, -0.1) is 0 Å². The van der Waals surface area contributed by atoms with Crippen LogP contribution in [-0.4, -0.2) is 170 Å². The van der Waals surface area contributed by atoms with Crippen LogP contribution >= 0.6 is 12.2 Å². The van der Waals surface area contributed by atoms with Crippen molar-refractivity contribution < 1.29 is 101 Å². The van der Waals surface area contributed by atoms with Gasteiger partial charge in [0, 0.05) is 98.3 Å². The number of anilines is 1. The van der Waals surface area contributed by atoms with Crippen molar-refractivity contribution in [2.45, 2.75) is 171 Å². The number of Topliss-reactive ketones (excluding diaryl/α,β-unsaturated/α-hetero) is 3. The summed E-state index contributed by atoms with van der Waals surface area (Å²) < 4.78 is 116. The van der Waals surface area contributed by atoms with E-state index in [0.717, 1.165) is 22.0 Å². The van der Waals surface area contributed by atoms with Crippen LogP contribution in [0.3, 0.4) is 0 Å². The Balaban J connectivity index is 1.05. The lowest BCUT2D eigenvalue weighted by atomic mass is 9.77. The minimum absolute atomic E-state index is 0.00238. The van der Waals surface area contributed by atoms with Crippen molar-refractivity contribution >= 4 is 113 Å². The fourth-order valence-corrected chi connectivity index (χ4v) is 15.6. The lowest BCUT2D eigenvalue weighted by molar-refractivity contribution is -0.141. The van der Waals surface area contributed by atoms with Crippen LogP contribution in [0.4, 0.5) is 5.69 Å². The summed E-state index contributed by atoms with van der Waals surface area (Å²) in [6.45, 7) is 10.3. The molecule has 2 heterocycles. The number of hydrogen-bond donors (Lipinski definition) is 10. The summed E-state index contributed by atoms with van der Waals surface area (Å²) in [6.07, 6.45) is 2.56. The predicted molar refractivity (Wildman–Crippen MR) is 435 cm³/mol. The van der Waals surface area contributed by atoms with Crippen molar-refractivity contribution in [1.82, 2.24) is 31.2 Å². The van der Waals surface area contributed by atoms with Crippen molar-refractivity contribution in [2.75, 3.05) is 49.1 Å². The normalized spacial score (nSPS) is 15.7. The molecule has 0 radical (unpaired) electrons. The van der Waals surface area contributed by atoms with Gasteiger partial charge in [0.2, 0.25) is 23.1 Å². The van der Waals surface area contributed by atoms with Crippen LogP contribution in [0.15, 0.2) is 161 Å². The maximum Gasteiger partial charge on any atom is 0.326 e. The van der Waals surface area contributed by atoms with Crippen LogP contribution in [0.5, 0.6) is 0 Å². The highest BCUT2D eigenvalue weighted by Crippen LogP contribution is 2.51. The molecule has 33 heteroatoms. The van der Waals surface area contributed by atoms with E-state index in [4.69, 9.17) is 26.5 Å². The minimum atomic E-state index is -4.80. The number of aliphatic carboxylic acids is 2. The van der Waals surface area contributed by atoms with E-state index in [1.807, 2.05) is 63.5 Å². The highest BCUT2D eigenvalue weighted by atomic mass is 32.2. The second-order valence-corrected chi connectivity index (χ2v) is 34.6. The zero-order chi connectivity index (χ0) is 84.3. The van der Waals surface area contributed by atoms with E-state index < -0.39 is 148 Å². The Morgan fingerprint density at radius 1 is 0.661 bits per heavy atom. The van der Waals surface area contributed by atoms with Crippen LogP contribution in [0, 0.1) is 11.8 Å². The van der Waals surface area contributed by atoms with Gasteiger partial charge in [0.15, 0.2) is 22.9 Å². The lowest BCUT2D eigenvalue weighted by Gasteiger charge is -2.30. The third-order valence-electron chi connectivity index (χ3n) is 19.7. The molecule has 1 aliphatic carbocycles. The molecular formula is C82H102N7O22S4+. The van der Waals surface area contributed by atoms with Crippen molar-refractivity contribution in [1.29, 1.82) is 0 Å². The number of thiocarbonyl (C=S) groups is 1. The number of amides is 3. The number of carboxylic acid groups (broad SMARTS) is 2. The number of nitrogens with one attached hydrogen (secondary N) is 5. The number of ether oxygens (including phenoxy) is 1. The molecule has 0 aromatic heterocycles. The van der Waals surface area contributed by atoms with Crippen LogP contribution < -0.4 is 41.4 Å². The molecule has 4 aromatic carbocycles.